The summed E-state index contributed by atoms with van der Waals surface area (Å²) in [6.45, 7) is 2.84. The van der Waals surface area contributed by atoms with Crippen LogP contribution in [-0.4, -0.2) is 46.0 Å². The summed E-state index contributed by atoms with van der Waals surface area (Å²) in [5.41, 5.74) is 1.29. The van der Waals surface area contributed by atoms with Crippen LogP contribution in [0.1, 0.15) is 52.2 Å². The average Bonchev–Trinajstić information content (AvgIpc) is 3.21. The minimum Gasteiger partial charge on any atom is -0.496 e. The van der Waals surface area contributed by atoms with Crippen LogP contribution in [-0.2, 0) is 6.42 Å². The van der Waals surface area contributed by atoms with Gasteiger partial charge in [0.2, 0.25) is 0 Å². The lowest BCUT2D eigenvalue weighted by atomic mass is 9.97. The van der Waals surface area contributed by atoms with Gasteiger partial charge in [-0.3, -0.25) is 4.79 Å². The summed E-state index contributed by atoms with van der Waals surface area (Å²) in [5.74, 6) is 1.97. The Morgan fingerprint density at radius 2 is 2.20 bits per heavy atom. The summed E-state index contributed by atoms with van der Waals surface area (Å²) in [7, 11) is 1.65. The molecule has 1 saturated heterocycles. The average molecular weight is 408 g/mol. The number of aryl methyl sites for hydroxylation is 1. The minimum absolute atomic E-state index is 0.0113. The van der Waals surface area contributed by atoms with Crippen LogP contribution in [0.5, 0.6) is 5.75 Å². The molecule has 8 heteroatoms. The normalized spacial score (nSPS) is 16.5. The number of benzene rings is 1. The summed E-state index contributed by atoms with van der Waals surface area (Å²) < 4.78 is 11.4. The van der Waals surface area contributed by atoms with Gasteiger partial charge >= 0.3 is 5.69 Å². The molecule has 0 radical (unpaired) electrons. The molecule has 1 amide bonds. The van der Waals surface area contributed by atoms with E-state index in [0.29, 0.717) is 31.1 Å². The Morgan fingerprint density at radius 1 is 1.37 bits per heavy atom. The van der Waals surface area contributed by atoms with E-state index in [2.05, 4.69) is 15.0 Å². The predicted octanol–water partition coefficient (Wildman–Crippen LogP) is 2.69. The number of amides is 1. The monoisotopic (exact) mass is 408 g/mol. The third-order valence-corrected chi connectivity index (χ3v) is 5.28. The van der Waals surface area contributed by atoms with E-state index in [4.69, 9.17) is 9.15 Å². The molecule has 30 heavy (non-hydrogen) atoms. The molecule has 8 nitrogen and oxygen atoms in total. The molecule has 1 N–H and O–H groups in total. The number of para-hydroxylation sites is 1. The van der Waals surface area contributed by atoms with E-state index in [1.807, 2.05) is 24.3 Å². The van der Waals surface area contributed by atoms with Gasteiger partial charge in [0.15, 0.2) is 5.89 Å². The van der Waals surface area contributed by atoms with Crippen LogP contribution in [0.2, 0.25) is 0 Å². The van der Waals surface area contributed by atoms with E-state index in [0.717, 1.165) is 29.9 Å². The lowest BCUT2D eigenvalue weighted by Crippen LogP contribution is -2.40. The van der Waals surface area contributed by atoms with E-state index in [9.17, 15) is 9.59 Å². The number of nitrogens with one attached hydrogen (secondary N) is 1. The van der Waals surface area contributed by atoms with Crippen LogP contribution < -0.4 is 10.4 Å². The lowest BCUT2D eigenvalue weighted by molar-refractivity contribution is 0.0691. The van der Waals surface area contributed by atoms with Crippen LogP contribution in [0.25, 0.3) is 0 Å². The van der Waals surface area contributed by atoms with Gasteiger partial charge in [-0.2, -0.15) is 4.98 Å². The van der Waals surface area contributed by atoms with Crippen molar-refractivity contribution in [1.82, 2.24) is 19.9 Å². The number of hydrogen-bond donors (Lipinski definition) is 1. The first kappa shape index (κ1) is 19.9. The molecule has 0 bridgehead atoms. The minimum atomic E-state index is -0.513. The molecule has 1 atom stereocenters. The molecule has 2 aromatic heterocycles. The number of likely N-dealkylation sites (tertiary alicyclic amines) is 1. The van der Waals surface area contributed by atoms with Crippen LogP contribution in [0, 0.1) is 6.92 Å². The molecule has 3 aromatic rings. The van der Waals surface area contributed by atoms with E-state index >= 15 is 0 Å². The molecule has 0 unspecified atom stereocenters. The summed E-state index contributed by atoms with van der Waals surface area (Å²) in [5, 5.41) is 0. The second-order valence-electron chi connectivity index (χ2n) is 7.50. The number of hydrogen-bond acceptors (Lipinski definition) is 6. The Hall–Kier alpha value is -3.42. The Balaban J connectivity index is 1.47. The number of carbonyl (C=O) groups excluding carboxylic acids is 1. The fraction of sp³-hybridized carbons (Fsp3) is 0.364. The van der Waals surface area contributed by atoms with Gasteiger partial charge in [0.05, 0.1) is 19.2 Å². The number of aromatic amines is 1. The number of oxazole rings is 1. The molecule has 1 aromatic carbocycles. The zero-order valence-electron chi connectivity index (χ0n) is 17.1. The third kappa shape index (κ3) is 4.27. The second-order valence-corrected chi connectivity index (χ2v) is 7.50. The Morgan fingerprint density at radius 3 is 3.00 bits per heavy atom. The van der Waals surface area contributed by atoms with Gasteiger partial charge in [0.1, 0.15) is 17.2 Å². The highest BCUT2D eigenvalue weighted by Crippen LogP contribution is 2.29. The Bertz CT molecular complexity index is 1100. The molecular formula is C22H24N4O4. The molecule has 0 saturated carbocycles. The molecule has 1 aliphatic rings. The smallest absolute Gasteiger partial charge is 0.345 e. The predicted molar refractivity (Wildman–Crippen MR) is 110 cm³/mol. The highest BCUT2D eigenvalue weighted by molar-refractivity contribution is 5.92. The number of H-pyrrole nitrogens is 1. The molecule has 0 spiro atoms. The number of ether oxygens (including phenoxy) is 1. The number of methoxy groups -OCH3 is 1. The fourth-order valence-electron chi connectivity index (χ4n) is 3.84. The van der Waals surface area contributed by atoms with Crippen molar-refractivity contribution in [3.05, 3.63) is 75.6 Å². The Labute approximate surface area is 173 Å². The van der Waals surface area contributed by atoms with Gasteiger partial charge in [-0.25, -0.2) is 9.78 Å². The Kier molecular flexibility index (Phi) is 5.65. The topological polar surface area (TPSA) is 101 Å². The van der Waals surface area contributed by atoms with Gasteiger partial charge in [-0.15, -0.1) is 0 Å². The fourth-order valence-corrected chi connectivity index (χ4v) is 3.84. The van der Waals surface area contributed by atoms with Crippen molar-refractivity contribution in [3.63, 3.8) is 0 Å². The summed E-state index contributed by atoms with van der Waals surface area (Å²) in [6, 6.07) is 9.41. The number of nitrogens with zero attached hydrogens (tertiary/aromatic N) is 3. The maximum atomic E-state index is 12.8. The first-order chi connectivity index (χ1) is 14.5. The van der Waals surface area contributed by atoms with Crippen molar-refractivity contribution in [3.8, 4) is 5.75 Å². The first-order valence-corrected chi connectivity index (χ1v) is 9.97. The standard InChI is InChI=1S/C22H24N4O4/c1-14-10-18(25-22(28)24-14)21(27)26-9-5-7-16(13-26)20-23-12-17(30-20)11-15-6-3-4-8-19(15)29-2/h3-4,6,8,10,12,16H,5,7,9,11,13H2,1-2H3,(H,24,25,28)/t16-/m0/s1. The molecular weight excluding hydrogens is 384 g/mol. The zero-order valence-corrected chi connectivity index (χ0v) is 17.1. The van der Waals surface area contributed by atoms with Crippen molar-refractivity contribution in [1.29, 1.82) is 0 Å². The van der Waals surface area contributed by atoms with Gasteiger partial charge in [-0.1, -0.05) is 18.2 Å². The van der Waals surface area contributed by atoms with E-state index < -0.39 is 5.69 Å². The van der Waals surface area contributed by atoms with Crippen molar-refractivity contribution >= 4 is 5.91 Å². The van der Waals surface area contributed by atoms with Gasteiger partial charge in [-0.05, 0) is 31.9 Å². The molecule has 156 valence electrons. The number of carbonyl (C=O) groups is 1. The highest BCUT2D eigenvalue weighted by Gasteiger charge is 2.29. The summed E-state index contributed by atoms with van der Waals surface area (Å²) in [4.78, 5) is 37.0. The maximum Gasteiger partial charge on any atom is 0.345 e. The summed E-state index contributed by atoms with van der Waals surface area (Å²) >= 11 is 0. The van der Waals surface area contributed by atoms with Crippen molar-refractivity contribution in [2.45, 2.75) is 32.1 Å². The number of aromatic nitrogens is 3. The molecule has 0 aliphatic carbocycles. The third-order valence-electron chi connectivity index (χ3n) is 5.28. The van der Waals surface area contributed by atoms with Crippen molar-refractivity contribution in [2.75, 3.05) is 20.2 Å². The largest absolute Gasteiger partial charge is 0.496 e. The van der Waals surface area contributed by atoms with Crippen molar-refractivity contribution < 1.29 is 13.9 Å². The molecule has 1 fully saturated rings. The van der Waals surface area contributed by atoms with E-state index in [1.54, 1.807) is 31.2 Å². The summed E-state index contributed by atoms with van der Waals surface area (Å²) in [6.07, 6.45) is 4.05. The SMILES string of the molecule is COc1ccccc1Cc1cnc([C@H]2CCCN(C(=O)c3cc(C)[nH]c(=O)n3)C2)o1. The second kappa shape index (κ2) is 8.52. The van der Waals surface area contributed by atoms with Crippen LogP contribution in [0.15, 0.2) is 45.7 Å². The van der Waals surface area contributed by atoms with E-state index in [-0.39, 0.29) is 17.5 Å². The van der Waals surface area contributed by atoms with Gasteiger partial charge in [0, 0.05) is 30.8 Å². The van der Waals surface area contributed by atoms with E-state index in [1.165, 1.54) is 0 Å². The quantitative estimate of drug-likeness (QED) is 0.697. The highest BCUT2D eigenvalue weighted by atomic mass is 16.5. The molecule has 4 rings (SSSR count). The first-order valence-electron chi connectivity index (χ1n) is 9.97. The maximum absolute atomic E-state index is 12.8. The van der Waals surface area contributed by atoms with Gasteiger partial charge in [0.25, 0.3) is 5.91 Å². The molecule has 3 heterocycles. The van der Waals surface area contributed by atoms with Crippen LogP contribution >= 0.6 is 0 Å². The molecule has 1 aliphatic heterocycles. The zero-order chi connectivity index (χ0) is 21.1. The van der Waals surface area contributed by atoms with Gasteiger partial charge < -0.3 is 19.0 Å². The van der Waals surface area contributed by atoms with Crippen LogP contribution in [0.3, 0.4) is 0 Å². The number of rotatable bonds is 5. The van der Waals surface area contributed by atoms with Crippen molar-refractivity contribution in [2.24, 2.45) is 0 Å². The number of piperidine rings is 1. The van der Waals surface area contributed by atoms with Crippen LogP contribution in [0.4, 0.5) is 0 Å². The lowest BCUT2D eigenvalue weighted by Gasteiger charge is -2.31.